The van der Waals surface area contributed by atoms with Crippen molar-refractivity contribution in [2.75, 3.05) is 0 Å². The Labute approximate surface area is 108 Å². The van der Waals surface area contributed by atoms with E-state index in [0.717, 1.165) is 30.4 Å². The van der Waals surface area contributed by atoms with Crippen LogP contribution in [-0.2, 0) is 10.2 Å². The minimum absolute atomic E-state index is 0.263. The molecule has 2 rings (SSSR count). The number of nitrogens with one attached hydrogen (secondary N) is 1. The lowest BCUT2D eigenvalue weighted by molar-refractivity contribution is -0.135. The van der Waals surface area contributed by atoms with Gasteiger partial charge in [0.1, 0.15) is 0 Å². The first-order chi connectivity index (χ1) is 8.51. The summed E-state index contributed by atoms with van der Waals surface area (Å²) in [6.07, 6.45) is 2.65. The van der Waals surface area contributed by atoms with Crippen LogP contribution in [-0.4, -0.2) is 11.1 Å². The molecule has 2 atom stereocenters. The van der Waals surface area contributed by atoms with E-state index in [4.69, 9.17) is 5.21 Å². The van der Waals surface area contributed by atoms with Crippen LogP contribution in [0.1, 0.15) is 42.9 Å². The topological polar surface area (TPSA) is 49.3 Å². The molecule has 0 heterocycles. The highest BCUT2D eigenvalue weighted by Crippen LogP contribution is 2.45. The summed E-state index contributed by atoms with van der Waals surface area (Å²) in [5, 5.41) is 9.07. The van der Waals surface area contributed by atoms with Crippen molar-refractivity contribution in [1.29, 1.82) is 0 Å². The van der Waals surface area contributed by atoms with Gasteiger partial charge in [-0.3, -0.25) is 10.0 Å². The summed E-state index contributed by atoms with van der Waals surface area (Å²) in [6, 6.07) is 6.07. The fourth-order valence-corrected chi connectivity index (χ4v) is 3.24. The first kappa shape index (κ1) is 13.1. The predicted molar refractivity (Wildman–Crippen MR) is 70.5 cm³/mol. The van der Waals surface area contributed by atoms with Gasteiger partial charge in [-0.25, -0.2) is 5.48 Å². The number of aryl methyl sites for hydroxylation is 1. The third-order valence-corrected chi connectivity index (χ3v) is 4.42. The number of carbonyl (C=O) groups is 1. The highest BCUT2D eigenvalue weighted by Gasteiger charge is 2.46. The largest absolute Gasteiger partial charge is 0.289 e. The molecule has 1 aromatic carbocycles. The molecule has 1 aliphatic carbocycles. The van der Waals surface area contributed by atoms with Gasteiger partial charge in [-0.05, 0) is 55.7 Å². The Balaban J connectivity index is 2.54. The van der Waals surface area contributed by atoms with E-state index in [0.29, 0.717) is 5.92 Å². The second kappa shape index (κ2) is 4.73. The maximum absolute atomic E-state index is 12.2. The van der Waals surface area contributed by atoms with Crippen LogP contribution in [0, 0.1) is 19.8 Å². The Kier molecular flexibility index (Phi) is 3.44. The van der Waals surface area contributed by atoms with Crippen LogP contribution in [0.2, 0.25) is 0 Å². The molecule has 2 unspecified atom stereocenters. The molecule has 3 heteroatoms. The van der Waals surface area contributed by atoms with Crippen molar-refractivity contribution in [3.05, 3.63) is 34.9 Å². The average Bonchev–Trinajstić information content (AvgIpc) is 2.75. The van der Waals surface area contributed by atoms with E-state index in [9.17, 15) is 4.79 Å². The monoisotopic (exact) mass is 247 g/mol. The summed E-state index contributed by atoms with van der Waals surface area (Å²) in [6.45, 7) is 6.28. The van der Waals surface area contributed by atoms with Gasteiger partial charge < -0.3 is 0 Å². The number of hydroxylamine groups is 1. The lowest BCUT2D eigenvalue weighted by Crippen LogP contribution is -2.42. The first-order valence-electron chi connectivity index (χ1n) is 6.52. The second-order valence-corrected chi connectivity index (χ2v) is 5.62. The lowest BCUT2D eigenvalue weighted by atomic mass is 9.75. The number of hydrogen-bond acceptors (Lipinski definition) is 2. The molecule has 0 aliphatic heterocycles. The zero-order valence-corrected chi connectivity index (χ0v) is 11.3. The molecule has 1 aliphatic rings. The van der Waals surface area contributed by atoms with Gasteiger partial charge in [-0.15, -0.1) is 0 Å². The summed E-state index contributed by atoms with van der Waals surface area (Å²) < 4.78 is 0. The standard InChI is InChI=1S/C15H21NO2/c1-10-7-8-15(9-10,14(17)16-18)13-6-4-5-11(2)12(13)3/h4-6,10,18H,7-9H2,1-3H3,(H,16,17). The predicted octanol–water partition coefficient (Wildman–Crippen LogP) is 2.87. The van der Waals surface area contributed by atoms with Crippen LogP contribution in [0.4, 0.5) is 0 Å². The quantitative estimate of drug-likeness (QED) is 0.623. The number of amides is 1. The molecule has 18 heavy (non-hydrogen) atoms. The van der Waals surface area contributed by atoms with Crippen LogP contribution in [0.5, 0.6) is 0 Å². The third-order valence-electron chi connectivity index (χ3n) is 4.42. The maximum atomic E-state index is 12.2. The smallest absolute Gasteiger partial charge is 0.253 e. The molecule has 1 saturated carbocycles. The summed E-state index contributed by atoms with van der Waals surface area (Å²) in [5.74, 6) is 0.253. The zero-order chi connectivity index (χ0) is 13.3. The lowest BCUT2D eigenvalue weighted by Gasteiger charge is -2.29. The Bertz CT molecular complexity index is 470. The van der Waals surface area contributed by atoms with E-state index in [1.807, 2.05) is 17.6 Å². The van der Waals surface area contributed by atoms with Crippen LogP contribution in [0.3, 0.4) is 0 Å². The Morgan fingerprint density at radius 1 is 1.44 bits per heavy atom. The van der Waals surface area contributed by atoms with Gasteiger partial charge in [0.15, 0.2) is 0 Å². The van der Waals surface area contributed by atoms with Crippen molar-refractivity contribution in [3.63, 3.8) is 0 Å². The summed E-state index contributed by atoms with van der Waals surface area (Å²) >= 11 is 0. The SMILES string of the molecule is Cc1cccc(C2(C(=O)NO)CCC(C)C2)c1C. The molecule has 3 nitrogen and oxygen atoms in total. The normalized spacial score (nSPS) is 27.2. The van der Waals surface area contributed by atoms with E-state index in [1.165, 1.54) is 5.56 Å². The number of rotatable bonds is 2. The van der Waals surface area contributed by atoms with Crippen molar-refractivity contribution < 1.29 is 10.0 Å². The fourth-order valence-electron chi connectivity index (χ4n) is 3.24. The molecular formula is C15H21NO2. The second-order valence-electron chi connectivity index (χ2n) is 5.62. The van der Waals surface area contributed by atoms with E-state index in [-0.39, 0.29) is 5.91 Å². The Morgan fingerprint density at radius 3 is 2.72 bits per heavy atom. The average molecular weight is 247 g/mol. The van der Waals surface area contributed by atoms with Gasteiger partial charge in [0.05, 0.1) is 5.41 Å². The maximum Gasteiger partial charge on any atom is 0.253 e. The Morgan fingerprint density at radius 2 is 2.17 bits per heavy atom. The van der Waals surface area contributed by atoms with Crippen molar-refractivity contribution in [1.82, 2.24) is 5.48 Å². The van der Waals surface area contributed by atoms with E-state index in [1.54, 1.807) is 0 Å². The van der Waals surface area contributed by atoms with Gasteiger partial charge in [0.2, 0.25) is 0 Å². The molecule has 0 bridgehead atoms. The third kappa shape index (κ3) is 1.93. The van der Waals surface area contributed by atoms with Gasteiger partial charge >= 0.3 is 0 Å². The number of hydrogen-bond donors (Lipinski definition) is 2. The van der Waals surface area contributed by atoms with Gasteiger partial charge in [0, 0.05) is 0 Å². The molecular weight excluding hydrogens is 226 g/mol. The van der Waals surface area contributed by atoms with Crippen LogP contribution in [0.15, 0.2) is 18.2 Å². The summed E-state index contributed by atoms with van der Waals surface area (Å²) in [5.41, 5.74) is 4.75. The molecule has 1 amide bonds. The Hall–Kier alpha value is -1.35. The van der Waals surface area contributed by atoms with E-state index in [2.05, 4.69) is 26.8 Å². The van der Waals surface area contributed by atoms with Gasteiger partial charge in [0.25, 0.3) is 5.91 Å². The molecule has 1 fully saturated rings. The molecule has 0 aromatic heterocycles. The van der Waals surface area contributed by atoms with Crippen LogP contribution in [0.25, 0.3) is 0 Å². The molecule has 1 aromatic rings. The number of carbonyl (C=O) groups excluding carboxylic acids is 1. The summed E-state index contributed by atoms with van der Waals surface area (Å²) in [4.78, 5) is 12.2. The minimum atomic E-state index is -0.551. The molecule has 98 valence electrons. The highest BCUT2D eigenvalue weighted by molar-refractivity contribution is 5.88. The van der Waals surface area contributed by atoms with E-state index >= 15 is 0 Å². The van der Waals surface area contributed by atoms with Crippen LogP contribution < -0.4 is 5.48 Å². The van der Waals surface area contributed by atoms with Crippen molar-refractivity contribution in [2.45, 2.75) is 45.4 Å². The van der Waals surface area contributed by atoms with Crippen molar-refractivity contribution >= 4 is 5.91 Å². The van der Waals surface area contributed by atoms with Crippen molar-refractivity contribution in [2.24, 2.45) is 5.92 Å². The first-order valence-corrected chi connectivity index (χ1v) is 6.52. The van der Waals surface area contributed by atoms with Crippen molar-refractivity contribution in [3.8, 4) is 0 Å². The fraction of sp³-hybridized carbons (Fsp3) is 0.533. The van der Waals surface area contributed by atoms with Gasteiger partial charge in [-0.2, -0.15) is 0 Å². The summed E-state index contributed by atoms with van der Waals surface area (Å²) in [7, 11) is 0. The molecule has 0 spiro atoms. The number of benzene rings is 1. The van der Waals surface area contributed by atoms with Gasteiger partial charge in [-0.1, -0.05) is 25.1 Å². The zero-order valence-electron chi connectivity index (χ0n) is 11.3. The molecule has 0 radical (unpaired) electrons. The molecule has 0 saturated heterocycles. The minimum Gasteiger partial charge on any atom is -0.289 e. The highest BCUT2D eigenvalue weighted by atomic mass is 16.5. The van der Waals surface area contributed by atoms with Crippen LogP contribution >= 0.6 is 0 Å². The molecule has 2 N–H and O–H groups in total. The van der Waals surface area contributed by atoms with E-state index < -0.39 is 5.41 Å².